The van der Waals surface area contributed by atoms with Gasteiger partial charge in [-0.05, 0) is 56.4 Å². The average molecular weight is 296 g/mol. The van der Waals surface area contributed by atoms with E-state index >= 15 is 0 Å². The van der Waals surface area contributed by atoms with Gasteiger partial charge in [0.2, 0.25) is 0 Å². The first-order valence-electron chi connectivity index (χ1n) is 9.45. The van der Waals surface area contributed by atoms with Crippen LogP contribution in [0.2, 0.25) is 0 Å². The van der Waals surface area contributed by atoms with Crippen molar-refractivity contribution in [2.24, 2.45) is 17.8 Å². The molecule has 3 unspecified atom stereocenters. The maximum atomic E-state index is 6.87. The van der Waals surface area contributed by atoms with Crippen molar-refractivity contribution in [3.8, 4) is 0 Å². The number of ether oxygens (including phenoxy) is 1. The minimum atomic E-state index is 0.143. The molecule has 0 aromatic heterocycles. The van der Waals surface area contributed by atoms with Gasteiger partial charge in [0.15, 0.2) is 0 Å². The van der Waals surface area contributed by atoms with Crippen LogP contribution in [-0.2, 0) is 4.74 Å². The molecule has 0 radical (unpaired) electrons. The quantitative estimate of drug-likeness (QED) is 0.683. The summed E-state index contributed by atoms with van der Waals surface area (Å²) in [7, 11) is 0. The highest BCUT2D eigenvalue weighted by atomic mass is 16.5. The van der Waals surface area contributed by atoms with E-state index < -0.39 is 0 Å². The largest absolute Gasteiger partial charge is 0.370 e. The molecular weight excluding hydrogens is 258 g/mol. The zero-order chi connectivity index (χ0) is 15.3. The zero-order valence-corrected chi connectivity index (χ0v) is 14.8. The van der Waals surface area contributed by atoms with Crippen LogP contribution in [0, 0.1) is 17.8 Å². The highest BCUT2D eigenvalue weighted by molar-refractivity contribution is 4.92. The third-order valence-electron chi connectivity index (χ3n) is 5.75. The van der Waals surface area contributed by atoms with Gasteiger partial charge in [-0.1, -0.05) is 47.0 Å². The molecule has 0 bridgehead atoms. The summed E-state index contributed by atoms with van der Waals surface area (Å²) in [4.78, 5) is 0. The smallest absolute Gasteiger partial charge is 0.0810 e. The van der Waals surface area contributed by atoms with Crippen LogP contribution in [0.3, 0.4) is 0 Å². The topological polar surface area (TPSA) is 21.3 Å². The van der Waals surface area contributed by atoms with Gasteiger partial charge in [0.25, 0.3) is 0 Å². The summed E-state index contributed by atoms with van der Waals surface area (Å²) in [5.74, 6) is 2.36. The Bertz CT molecular complexity index is 296. The maximum absolute atomic E-state index is 6.87. The molecule has 3 atom stereocenters. The Morgan fingerprint density at radius 2 is 1.90 bits per heavy atom. The van der Waals surface area contributed by atoms with Crippen molar-refractivity contribution in [2.45, 2.75) is 90.8 Å². The summed E-state index contributed by atoms with van der Waals surface area (Å²) < 4.78 is 6.87. The summed E-state index contributed by atoms with van der Waals surface area (Å²) in [5.41, 5.74) is 0.143. The van der Waals surface area contributed by atoms with E-state index in [9.17, 15) is 0 Å². The standard InChI is InChI=1S/C19H37NO/c1-5-12-20-14-19(10-6-7-11-19)21-18-13-16(4)8-9-17(18)15(2)3/h15-18,20H,5-14H2,1-4H3. The van der Waals surface area contributed by atoms with Gasteiger partial charge in [-0.15, -0.1) is 0 Å². The molecule has 2 fully saturated rings. The number of rotatable bonds is 7. The zero-order valence-electron chi connectivity index (χ0n) is 14.8. The fraction of sp³-hybridized carbons (Fsp3) is 1.00. The Balaban J connectivity index is 1.99. The molecule has 124 valence electrons. The Labute approximate surface area is 132 Å². The SMILES string of the molecule is CCCNCC1(OC2CC(C)CCC2C(C)C)CCCC1. The minimum absolute atomic E-state index is 0.143. The van der Waals surface area contributed by atoms with E-state index in [1.807, 2.05) is 0 Å². The highest BCUT2D eigenvalue weighted by Crippen LogP contribution is 2.41. The molecule has 0 heterocycles. The monoisotopic (exact) mass is 295 g/mol. The third kappa shape index (κ3) is 4.69. The molecular formula is C19H37NO. The van der Waals surface area contributed by atoms with Gasteiger partial charge >= 0.3 is 0 Å². The predicted octanol–water partition coefficient (Wildman–Crippen LogP) is 4.78. The summed E-state index contributed by atoms with van der Waals surface area (Å²) in [5, 5.41) is 3.64. The van der Waals surface area contributed by atoms with Crippen LogP contribution in [0.4, 0.5) is 0 Å². The summed E-state index contributed by atoms with van der Waals surface area (Å²) in [6, 6.07) is 0. The van der Waals surface area contributed by atoms with E-state index in [4.69, 9.17) is 4.74 Å². The fourth-order valence-corrected chi connectivity index (χ4v) is 4.42. The highest BCUT2D eigenvalue weighted by Gasteiger charge is 2.41. The predicted molar refractivity (Wildman–Crippen MR) is 90.6 cm³/mol. The van der Waals surface area contributed by atoms with Gasteiger partial charge in [0.05, 0.1) is 11.7 Å². The molecule has 21 heavy (non-hydrogen) atoms. The second-order valence-corrected chi connectivity index (χ2v) is 8.05. The van der Waals surface area contributed by atoms with Gasteiger partial charge in [0.1, 0.15) is 0 Å². The Kier molecular flexibility index (Phi) is 6.55. The van der Waals surface area contributed by atoms with Gasteiger partial charge < -0.3 is 10.1 Å². The lowest BCUT2D eigenvalue weighted by Gasteiger charge is -2.43. The van der Waals surface area contributed by atoms with Crippen molar-refractivity contribution in [3.63, 3.8) is 0 Å². The molecule has 0 amide bonds. The first kappa shape index (κ1) is 17.3. The van der Waals surface area contributed by atoms with Crippen molar-refractivity contribution < 1.29 is 4.74 Å². The molecule has 0 saturated heterocycles. The third-order valence-corrected chi connectivity index (χ3v) is 5.75. The van der Waals surface area contributed by atoms with Crippen molar-refractivity contribution in [3.05, 3.63) is 0 Å². The lowest BCUT2D eigenvalue weighted by Crippen LogP contribution is -2.47. The molecule has 1 N–H and O–H groups in total. The second-order valence-electron chi connectivity index (χ2n) is 8.05. The van der Waals surface area contributed by atoms with Gasteiger partial charge in [-0.25, -0.2) is 0 Å². The van der Waals surface area contributed by atoms with E-state index in [-0.39, 0.29) is 5.60 Å². The number of hydrogen-bond donors (Lipinski definition) is 1. The first-order valence-corrected chi connectivity index (χ1v) is 9.45. The molecule has 2 aliphatic rings. The van der Waals surface area contributed by atoms with Crippen LogP contribution in [0.15, 0.2) is 0 Å². The molecule has 0 aliphatic heterocycles. The first-order chi connectivity index (χ1) is 10.1. The molecule has 2 aliphatic carbocycles. The Hall–Kier alpha value is -0.0800. The minimum Gasteiger partial charge on any atom is -0.370 e. The van der Waals surface area contributed by atoms with Crippen LogP contribution in [-0.4, -0.2) is 24.8 Å². The van der Waals surface area contributed by atoms with Crippen LogP contribution >= 0.6 is 0 Å². The normalized spacial score (nSPS) is 32.7. The summed E-state index contributed by atoms with van der Waals surface area (Å²) in [6.07, 6.45) is 11.0. The molecule has 2 heteroatoms. The average Bonchev–Trinajstić information content (AvgIpc) is 2.87. The molecule has 2 saturated carbocycles. The molecule has 2 nitrogen and oxygen atoms in total. The van der Waals surface area contributed by atoms with Crippen molar-refractivity contribution in [1.82, 2.24) is 5.32 Å². The van der Waals surface area contributed by atoms with Gasteiger partial charge in [-0.2, -0.15) is 0 Å². The van der Waals surface area contributed by atoms with Crippen LogP contribution in [0.5, 0.6) is 0 Å². The summed E-state index contributed by atoms with van der Waals surface area (Å²) in [6.45, 7) is 11.6. The van der Waals surface area contributed by atoms with Gasteiger partial charge in [-0.3, -0.25) is 0 Å². The Morgan fingerprint density at radius 3 is 2.52 bits per heavy atom. The number of hydrogen-bond acceptors (Lipinski definition) is 2. The Morgan fingerprint density at radius 1 is 1.19 bits per heavy atom. The second kappa shape index (κ2) is 7.97. The fourth-order valence-electron chi connectivity index (χ4n) is 4.42. The van der Waals surface area contributed by atoms with Crippen LogP contribution < -0.4 is 5.32 Å². The van der Waals surface area contributed by atoms with E-state index in [2.05, 4.69) is 33.0 Å². The van der Waals surface area contributed by atoms with E-state index in [0.29, 0.717) is 6.10 Å². The molecule has 2 rings (SSSR count). The van der Waals surface area contributed by atoms with E-state index in [1.165, 1.54) is 51.4 Å². The van der Waals surface area contributed by atoms with Crippen molar-refractivity contribution >= 4 is 0 Å². The van der Waals surface area contributed by atoms with E-state index in [1.54, 1.807) is 0 Å². The molecule has 0 spiro atoms. The summed E-state index contributed by atoms with van der Waals surface area (Å²) >= 11 is 0. The lowest BCUT2D eigenvalue weighted by molar-refractivity contribution is -0.135. The van der Waals surface area contributed by atoms with Crippen molar-refractivity contribution in [2.75, 3.05) is 13.1 Å². The number of nitrogens with one attached hydrogen (secondary N) is 1. The van der Waals surface area contributed by atoms with E-state index in [0.717, 1.165) is 30.8 Å². The van der Waals surface area contributed by atoms with Crippen LogP contribution in [0.25, 0.3) is 0 Å². The molecule has 0 aromatic carbocycles. The lowest BCUT2D eigenvalue weighted by atomic mass is 9.75. The maximum Gasteiger partial charge on any atom is 0.0810 e. The van der Waals surface area contributed by atoms with Crippen molar-refractivity contribution in [1.29, 1.82) is 0 Å². The van der Waals surface area contributed by atoms with Gasteiger partial charge in [0, 0.05) is 6.54 Å². The molecule has 0 aromatic rings. The van der Waals surface area contributed by atoms with Crippen LogP contribution in [0.1, 0.15) is 79.1 Å².